The number of nitrogens with zero attached hydrogens (tertiary/aromatic N) is 2. The van der Waals surface area contributed by atoms with Crippen LogP contribution >= 0.6 is 0 Å². The molecule has 1 saturated carbocycles. The van der Waals surface area contributed by atoms with E-state index in [4.69, 9.17) is 9.72 Å². The van der Waals surface area contributed by atoms with Crippen LogP contribution < -0.4 is 10.1 Å². The van der Waals surface area contributed by atoms with Crippen LogP contribution in [0.25, 0.3) is 11.0 Å². The number of nitrogens with one attached hydrogen (secondary N) is 1. The van der Waals surface area contributed by atoms with Crippen LogP contribution in [0.2, 0.25) is 0 Å². The number of carboxylic acids is 1. The first-order valence-electron chi connectivity index (χ1n) is 12.0. The van der Waals surface area contributed by atoms with Gasteiger partial charge >= 0.3 is 5.97 Å². The highest BCUT2D eigenvalue weighted by molar-refractivity contribution is 5.82. The largest absolute Gasteiger partial charge is 0.491 e. The Morgan fingerprint density at radius 1 is 1.26 bits per heavy atom. The number of ether oxygens (including phenoxy) is 1. The van der Waals surface area contributed by atoms with Gasteiger partial charge in [-0.25, -0.2) is 9.37 Å². The zero-order valence-corrected chi connectivity index (χ0v) is 20.6. The van der Waals surface area contributed by atoms with Crippen LogP contribution in [0.4, 0.5) is 16.0 Å². The highest BCUT2D eigenvalue weighted by Crippen LogP contribution is 2.46. The number of benzene rings is 2. The average molecular weight is 468 g/mol. The molecule has 0 radical (unpaired) electrons. The van der Waals surface area contributed by atoms with E-state index >= 15 is 0 Å². The number of fused-ring (bicyclic) bond motifs is 1. The minimum atomic E-state index is -1.07. The smallest absolute Gasteiger partial charge is 0.307 e. The molecule has 1 fully saturated rings. The standard InChI is InChI=1S/C27H34FN3O3/c1-16(2)34-21-8-6-19(7-9-21)29-26-30-23-11-18(12-25(32)33)22(28)13-24(23)31(26)20-10-17(3)14-27(4,5)15-20/h6-9,11,13,16-17,20H,10,12,14-15H2,1-5H3,(H,29,30)(H,32,33)/t17-,20-/m1/s1. The average Bonchev–Trinajstić information content (AvgIpc) is 3.04. The molecule has 0 saturated heterocycles. The molecule has 0 aliphatic heterocycles. The van der Waals surface area contributed by atoms with Gasteiger partial charge in [-0.05, 0) is 74.8 Å². The van der Waals surface area contributed by atoms with Crippen molar-refractivity contribution in [2.75, 3.05) is 5.32 Å². The number of rotatable bonds is 7. The summed E-state index contributed by atoms with van der Waals surface area (Å²) in [5.74, 6) is 0.373. The molecule has 2 aromatic carbocycles. The van der Waals surface area contributed by atoms with E-state index in [0.717, 1.165) is 30.7 Å². The van der Waals surface area contributed by atoms with Crippen molar-refractivity contribution in [2.45, 2.75) is 72.4 Å². The Labute approximate surface area is 200 Å². The van der Waals surface area contributed by atoms with Crippen LogP contribution in [-0.2, 0) is 11.2 Å². The van der Waals surface area contributed by atoms with E-state index in [-0.39, 0.29) is 29.5 Å². The molecule has 0 spiro atoms. The maximum absolute atomic E-state index is 14.9. The molecule has 6 nitrogen and oxygen atoms in total. The molecule has 7 heteroatoms. The van der Waals surface area contributed by atoms with Crippen LogP contribution in [0.3, 0.4) is 0 Å². The number of anilines is 2. The Hall–Kier alpha value is -3.09. The zero-order valence-electron chi connectivity index (χ0n) is 20.6. The number of imidazole rings is 1. The van der Waals surface area contributed by atoms with E-state index in [2.05, 4.69) is 30.7 Å². The Balaban J connectivity index is 1.77. The Morgan fingerprint density at radius 2 is 1.97 bits per heavy atom. The predicted molar refractivity (Wildman–Crippen MR) is 132 cm³/mol. The van der Waals surface area contributed by atoms with Gasteiger partial charge in [0.25, 0.3) is 0 Å². The van der Waals surface area contributed by atoms with E-state index in [1.165, 1.54) is 6.07 Å². The molecule has 1 aliphatic rings. The highest BCUT2D eigenvalue weighted by Gasteiger charge is 2.35. The number of aromatic nitrogens is 2. The maximum Gasteiger partial charge on any atom is 0.307 e. The van der Waals surface area contributed by atoms with Gasteiger partial charge in [-0.15, -0.1) is 0 Å². The number of carbonyl (C=O) groups is 1. The Bertz CT molecular complexity index is 1180. The van der Waals surface area contributed by atoms with Crippen molar-refractivity contribution in [3.63, 3.8) is 0 Å². The number of carboxylic acid groups (broad SMARTS) is 1. The van der Waals surface area contributed by atoms with Gasteiger partial charge in [-0.1, -0.05) is 20.8 Å². The van der Waals surface area contributed by atoms with Gasteiger partial charge in [0.15, 0.2) is 0 Å². The maximum atomic E-state index is 14.9. The van der Waals surface area contributed by atoms with Crippen molar-refractivity contribution in [2.24, 2.45) is 11.3 Å². The fraction of sp³-hybridized carbons (Fsp3) is 0.481. The molecular weight excluding hydrogens is 433 g/mol. The minimum Gasteiger partial charge on any atom is -0.491 e. The summed E-state index contributed by atoms with van der Waals surface area (Å²) in [6, 6.07) is 10.8. The molecular formula is C27H34FN3O3. The van der Waals surface area contributed by atoms with Crippen molar-refractivity contribution < 1.29 is 19.0 Å². The van der Waals surface area contributed by atoms with Crippen LogP contribution in [0, 0.1) is 17.2 Å². The highest BCUT2D eigenvalue weighted by atomic mass is 19.1. The third-order valence-electron chi connectivity index (χ3n) is 6.41. The summed E-state index contributed by atoms with van der Waals surface area (Å²) >= 11 is 0. The van der Waals surface area contributed by atoms with E-state index in [9.17, 15) is 14.3 Å². The summed E-state index contributed by atoms with van der Waals surface area (Å²) in [5, 5.41) is 12.6. The van der Waals surface area contributed by atoms with Crippen LogP contribution in [0.1, 0.15) is 65.5 Å². The van der Waals surface area contributed by atoms with Crippen LogP contribution in [0.5, 0.6) is 5.75 Å². The molecule has 182 valence electrons. The molecule has 0 unspecified atom stereocenters. The van der Waals surface area contributed by atoms with E-state index < -0.39 is 11.8 Å². The molecule has 4 rings (SSSR count). The zero-order chi connectivity index (χ0) is 24.6. The van der Waals surface area contributed by atoms with Crippen molar-refractivity contribution >= 4 is 28.6 Å². The lowest BCUT2D eigenvalue weighted by molar-refractivity contribution is -0.136. The van der Waals surface area contributed by atoms with Gasteiger partial charge in [0.2, 0.25) is 5.95 Å². The summed E-state index contributed by atoms with van der Waals surface area (Å²) in [7, 11) is 0. The molecule has 1 aliphatic carbocycles. The lowest BCUT2D eigenvalue weighted by Gasteiger charge is -2.40. The van der Waals surface area contributed by atoms with Gasteiger partial charge in [0.1, 0.15) is 11.6 Å². The minimum absolute atomic E-state index is 0.0922. The monoisotopic (exact) mass is 467 g/mol. The van der Waals surface area contributed by atoms with Crippen LogP contribution in [-0.4, -0.2) is 26.7 Å². The fourth-order valence-corrected chi connectivity index (χ4v) is 5.43. The lowest BCUT2D eigenvalue weighted by Crippen LogP contribution is -2.29. The van der Waals surface area contributed by atoms with Crippen LogP contribution in [0.15, 0.2) is 36.4 Å². The first-order chi connectivity index (χ1) is 16.0. The second-order valence-electron chi connectivity index (χ2n) is 10.7. The molecule has 0 bridgehead atoms. The first kappa shape index (κ1) is 24.0. The SMILES string of the molecule is CC(C)Oc1ccc(Nc2nc3cc(CC(=O)O)c(F)cc3n2[C@@H]2C[C@@H](C)CC(C)(C)C2)cc1. The van der Waals surface area contributed by atoms with Gasteiger partial charge in [-0.2, -0.15) is 0 Å². The number of hydrogen-bond donors (Lipinski definition) is 2. The first-order valence-corrected chi connectivity index (χ1v) is 12.0. The van der Waals surface area contributed by atoms with Gasteiger partial charge in [-0.3, -0.25) is 4.79 Å². The summed E-state index contributed by atoms with van der Waals surface area (Å²) in [6.45, 7) is 10.8. The van der Waals surface area contributed by atoms with Crippen molar-refractivity contribution in [3.05, 3.63) is 47.8 Å². The molecule has 2 N–H and O–H groups in total. The van der Waals surface area contributed by atoms with Gasteiger partial charge in [0.05, 0.1) is 23.6 Å². The van der Waals surface area contributed by atoms with E-state index in [0.29, 0.717) is 22.9 Å². The molecule has 3 aromatic rings. The summed E-state index contributed by atoms with van der Waals surface area (Å²) in [4.78, 5) is 16.0. The van der Waals surface area contributed by atoms with Crippen molar-refractivity contribution in [3.8, 4) is 5.75 Å². The second-order valence-corrected chi connectivity index (χ2v) is 10.7. The van der Waals surface area contributed by atoms with Crippen molar-refractivity contribution in [1.82, 2.24) is 9.55 Å². The Morgan fingerprint density at radius 3 is 2.59 bits per heavy atom. The molecule has 34 heavy (non-hydrogen) atoms. The number of halogens is 1. The van der Waals surface area contributed by atoms with E-state index in [1.54, 1.807) is 6.07 Å². The third-order valence-corrected chi connectivity index (χ3v) is 6.41. The molecule has 2 atom stereocenters. The fourth-order valence-electron chi connectivity index (χ4n) is 5.43. The van der Waals surface area contributed by atoms with E-state index in [1.807, 2.05) is 38.1 Å². The topological polar surface area (TPSA) is 76.4 Å². The lowest BCUT2D eigenvalue weighted by atomic mass is 9.70. The Kier molecular flexibility index (Phi) is 6.56. The van der Waals surface area contributed by atoms with Gasteiger partial charge < -0.3 is 19.7 Å². The molecule has 0 amide bonds. The van der Waals surface area contributed by atoms with Crippen molar-refractivity contribution in [1.29, 1.82) is 0 Å². The van der Waals surface area contributed by atoms with Gasteiger partial charge in [0, 0.05) is 23.4 Å². The summed E-state index contributed by atoms with van der Waals surface area (Å²) < 4.78 is 22.8. The summed E-state index contributed by atoms with van der Waals surface area (Å²) in [5.41, 5.74) is 2.43. The predicted octanol–water partition coefficient (Wildman–Crippen LogP) is 6.72. The number of aliphatic carboxylic acids is 1. The molecule has 1 heterocycles. The third kappa shape index (κ3) is 5.34. The summed E-state index contributed by atoms with van der Waals surface area (Å²) in [6.07, 6.45) is 2.80. The molecule has 1 aromatic heterocycles. The normalized spacial score (nSPS) is 20.0. The second kappa shape index (κ2) is 9.28. The number of hydrogen-bond acceptors (Lipinski definition) is 4. The quantitative estimate of drug-likeness (QED) is 0.403.